The maximum Gasteiger partial charge on any atom is 0.0662 e. The molecule has 1 N–H and O–H groups in total. The van der Waals surface area contributed by atoms with Crippen LogP contribution in [0.2, 0.25) is 0 Å². The molecule has 1 aromatic carbocycles. The van der Waals surface area contributed by atoms with Crippen molar-refractivity contribution in [3.8, 4) is 0 Å². The fourth-order valence-electron chi connectivity index (χ4n) is 2.33. The van der Waals surface area contributed by atoms with E-state index < -0.39 is 5.60 Å². The van der Waals surface area contributed by atoms with Gasteiger partial charge in [0.15, 0.2) is 0 Å². The zero-order chi connectivity index (χ0) is 12.2. The largest absolute Gasteiger partial charge is 0.390 e. The smallest absolute Gasteiger partial charge is 0.0662 e. The lowest BCUT2D eigenvalue weighted by atomic mass is 9.75. The zero-order valence-electron chi connectivity index (χ0n) is 10.5. The Morgan fingerprint density at radius 2 is 1.75 bits per heavy atom. The van der Waals surface area contributed by atoms with E-state index in [4.69, 9.17) is 0 Å². The zero-order valence-corrected chi connectivity index (χ0v) is 10.5. The lowest BCUT2D eigenvalue weighted by Gasteiger charge is -2.33. The fraction of sp³-hybridized carbons (Fsp3) is 0.467. The summed E-state index contributed by atoms with van der Waals surface area (Å²) in [4.78, 5) is 0. The summed E-state index contributed by atoms with van der Waals surface area (Å²) >= 11 is 0. The van der Waals surface area contributed by atoms with Crippen LogP contribution < -0.4 is 0 Å². The molecule has 0 aliphatic carbocycles. The third kappa shape index (κ3) is 3.49. The van der Waals surface area contributed by atoms with Crippen LogP contribution in [0, 0.1) is 0 Å². The monoisotopic (exact) mass is 218 g/mol. The van der Waals surface area contributed by atoms with Crippen molar-refractivity contribution >= 4 is 0 Å². The molecule has 1 aromatic rings. The van der Waals surface area contributed by atoms with Crippen LogP contribution in [-0.4, -0.2) is 10.7 Å². The summed E-state index contributed by atoms with van der Waals surface area (Å²) in [5.74, 6) is 0. The number of aliphatic hydroxyl groups is 1. The van der Waals surface area contributed by atoms with Gasteiger partial charge >= 0.3 is 0 Å². The number of hydrogen-bond acceptors (Lipinski definition) is 1. The van der Waals surface area contributed by atoms with Gasteiger partial charge in [0.25, 0.3) is 0 Å². The number of rotatable bonds is 5. The van der Waals surface area contributed by atoms with E-state index in [2.05, 4.69) is 32.6 Å². The second-order valence-electron chi connectivity index (χ2n) is 5.42. The summed E-state index contributed by atoms with van der Waals surface area (Å²) in [7, 11) is 0. The summed E-state index contributed by atoms with van der Waals surface area (Å²) in [5, 5.41) is 10.2. The van der Waals surface area contributed by atoms with Crippen LogP contribution in [-0.2, 0) is 5.41 Å². The Hall–Kier alpha value is -1.08. The van der Waals surface area contributed by atoms with Crippen molar-refractivity contribution in [2.24, 2.45) is 0 Å². The molecule has 0 saturated carbocycles. The Labute approximate surface area is 98.8 Å². The molecule has 0 aliphatic heterocycles. The molecule has 0 radical (unpaired) electrons. The van der Waals surface area contributed by atoms with Crippen LogP contribution in [0.4, 0.5) is 0 Å². The van der Waals surface area contributed by atoms with Crippen molar-refractivity contribution in [3.63, 3.8) is 0 Å². The highest BCUT2D eigenvalue weighted by molar-refractivity contribution is 5.24. The molecule has 16 heavy (non-hydrogen) atoms. The van der Waals surface area contributed by atoms with Crippen molar-refractivity contribution in [2.75, 3.05) is 0 Å². The Morgan fingerprint density at radius 1 is 1.19 bits per heavy atom. The molecular weight excluding hydrogens is 196 g/mol. The minimum atomic E-state index is -0.679. The highest BCUT2D eigenvalue weighted by Gasteiger charge is 2.30. The predicted octanol–water partition coefficient (Wildman–Crippen LogP) is 3.68. The lowest BCUT2D eigenvalue weighted by Crippen LogP contribution is -2.33. The van der Waals surface area contributed by atoms with Gasteiger partial charge < -0.3 is 5.11 Å². The number of benzene rings is 1. The number of hydrogen-bond donors (Lipinski definition) is 1. The summed E-state index contributed by atoms with van der Waals surface area (Å²) in [6.07, 6.45) is 3.14. The van der Waals surface area contributed by atoms with Crippen LogP contribution in [0.1, 0.15) is 39.2 Å². The van der Waals surface area contributed by atoms with Crippen LogP contribution in [0.3, 0.4) is 0 Å². The molecule has 0 aromatic heterocycles. The van der Waals surface area contributed by atoms with Gasteiger partial charge in [0.1, 0.15) is 0 Å². The average Bonchev–Trinajstić information content (AvgIpc) is 2.17. The molecule has 0 amide bonds. The van der Waals surface area contributed by atoms with Gasteiger partial charge in [-0.15, -0.1) is 6.58 Å². The quantitative estimate of drug-likeness (QED) is 0.747. The van der Waals surface area contributed by atoms with Crippen LogP contribution >= 0.6 is 0 Å². The highest BCUT2D eigenvalue weighted by Crippen LogP contribution is 2.33. The highest BCUT2D eigenvalue weighted by atomic mass is 16.3. The SMILES string of the molecule is C=CCC(C)(O)CC(C)(C)c1ccccc1. The fourth-order valence-corrected chi connectivity index (χ4v) is 2.33. The van der Waals surface area contributed by atoms with E-state index in [0.29, 0.717) is 6.42 Å². The summed E-state index contributed by atoms with van der Waals surface area (Å²) in [5.41, 5.74) is 0.564. The van der Waals surface area contributed by atoms with E-state index >= 15 is 0 Å². The molecular formula is C15H22O. The Bertz CT molecular complexity index is 336. The molecule has 0 bridgehead atoms. The van der Waals surface area contributed by atoms with Crippen LogP contribution in [0.25, 0.3) is 0 Å². The maximum atomic E-state index is 10.2. The topological polar surface area (TPSA) is 20.2 Å². The third-order valence-corrected chi connectivity index (χ3v) is 2.96. The van der Waals surface area contributed by atoms with Gasteiger partial charge in [-0.2, -0.15) is 0 Å². The Kier molecular flexibility index (Phi) is 3.93. The molecule has 1 atom stereocenters. The maximum absolute atomic E-state index is 10.2. The van der Waals surface area contributed by atoms with Crippen molar-refractivity contribution in [3.05, 3.63) is 48.6 Å². The first kappa shape index (κ1) is 13.0. The van der Waals surface area contributed by atoms with Crippen molar-refractivity contribution < 1.29 is 5.11 Å². The molecule has 88 valence electrons. The summed E-state index contributed by atoms with van der Waals surface area (Å²) < 4.78 is 0. The van der Waals surface area contributed by atoms with Crippen molar-refractivity contribution in [1.29, 1.82) is 0 Å². The Morgan fingerprint density at radius 3 is 2.25 bits per heavy atom. The first-order valence-corrected chi connectivity index (χ1v) is 5.76. The van der Waals surface area contributed by atoms with Gasteiger partial charge in [0, 0.05) is 0 Å². The van der Waals surface area contributed by atoms with Gasteiger partial charge in [-0.3, -0.25) is 0 Å². The van der Waals surface area contributed by atoms with E-state index in [1.807, 2.05) is 25.1 Å². The van der Waals surface area contributed by atoms with Gasteiger partial charge in [0.2, 0.25) is 0 Å². The second kappa shape index (κ2) is 4.84. The summed E-state index contributed by atoms with van der Waals surface area (Å²) in [6.45, 7) is 9.90. The van der Waals surface area contributed by atoms with E-state index in [1.165, 1.54) is 5.56 Å². The molecule has 0 spiro atoms. The minimum absolute atomic E-state index is 0.0201. The van der Waals surface area contributed by atoms with E-state index in [9.17, 15) is 5.11 Å². The lowest BCUT2D eigenvalue weighted by molar-refractivity contribution is 0.0342. The van der Waals surface area contributed by atoms with Crippen LogP contribution in [0.5, 0.6) is 0 Å². The minimum Gasteiger partial charge on any atom is -0.390 e. The van der Waals surface area contributed by atoms with Crippen LogP contribution in [0.15, 0.2) is 43.0 Å². The summed E-state index contributed by atoms with van der Waals surface area (Å²) in [6, 6.07) is 10.3. The molecule has 1 nitrogen and oxygen atoms in total. The van der Waals surface area contributed by atoms with Crippen molar-refractivity contribution in [1.82, 2.24) is 0 Å². The molecule has 0 saturated heterocycles. The second-order valence-corrected chi connectivity index (χ2v) is 5.42. The third-order valence-electron chi connectivity index (χ3n) is 2.96. The molecule has 0 fully saturated rings. The predicted molar refractivity (Wildman–Crippen MR) is 69.5 cm³/mol. The Balaban J connectivity index is 2.83. The molecule has 0 aliphatic rings. The molecule has 1 heteroatoms. The van der Waals surface area contributed by atoms with Gasteiger partial charge in [-0.25, -0.2) is 0 Å². The van der Waals surface area contributed by atoms with Gasteiger partial charge in [-0.1, -0.05) is 50.3 Å². The normalized spacial score (nSPS) is 15.5. The molecule has 1 rings (SSSR count). The first-order valence-electron chi connectivity index (χ1n) is 5.76. The first-order chi connectivity index (χ1) is 7.37. The molecule has 0 heterocycles. The molecule has 1 unspecified atom stereocenters. The van der Waals surface area contributed by atoms with E-state index in [0.717, 1.165) is 6.42 Å². The van der Waals surface area contributed by atoms with Crippen molar-refractivity contribution in [2.45, 2.75) is 44.6 Å². The standard InChI is InChI=1S/C15H22O/c1-5-11-15(4,16)12-14(2,3)13-9-7-6-8-10-13/h5-10,16H,1,11-12H2,2-4H3. The van der Waals surface area contributed by atoms with Gasteiger partial charge in [0.05, 0.1) is 5.60 Å². The average molecular weight is 218 g/mol. The van der Waals surface area contributed by atoms with Gasteiger partial charge in [-0.05, 0) is 30.7 Å². The van der Waals surface area contributed by atoms with E-state index in [1.54, 1.807) is 6.08 Å². The van der Waals surface area contributed by atoms with E-state index in [-0.39, 0.29) is 5.41 Å².